The third-order valence-corrected chi connectivity index (χ3v) is 5.39. The van der Waals surface area contributed by atoms with E-state index in [4.69, 9.17) is 9.72 Å². The Bertz CT molecular complexity index is 1410. The van der Waals surface area contributed by atoms with Crippen molar-refractivity contribution in [3.8, 4) is 6.07 Å². The van der Waals surface area contributed by atoms with Gasteiger partial charge in [0.05, 0.1) is 12.2 Å². The molecule has 4 aromatic rings. The van der Waals surface area contributed by atoms with Gasteiger partial charge in [-0.25, -0.2) is 9.78 Å². The molecule has 0 fully saturated rings. The first-order valence-electron chi connectivity index (χ1n) is 11.2. The minimum Gasteiger partial charge on any atom is -0.462 e. The van der Waals surface area contributed by atoms with E-state index in [1.807, 2.05) is 71.6 Å². The number of carbonyl (C=O) groups excluding carboxylic acids is 1. The van der Waals surface area contributed by atoms with Crippen LogP contribution in [0.25, 0.3) is 11.7 Å². The van der Waals surface area contributed by atoms with Crippen molar-refractivity contribution < 1.29 is 9.53 Å². The van der Waals surface area contributed by atoms with Gasteiger partial charge in [0, 0.05) is 19.3 Å². The van der Waals surface area contributed by atoms with E-state index in [-0.39, 0.29) is 23.3 Å². The average molecular weight is 465 g/mol. The quantitative estimate of drug-likeness (QED) is 0.219. The van der Waals surface area contributed by atoms with Crippen molar-refractivity contribution in [1.82, 2.24) is 9.38 Å². The van der Waals surface area contributed by atoms with Gasteiger partial charge in [0.1, 0.15) is 23.1 Å². The highest BCUT2D eigenvalue weighted by molar-refractivity contribution is 5.98. The van der Waals surface area contributed by atoms with Crippen LogP contribution in [0.1, 0.15) is 23.6 Å². The number of pyridine rings is 1. The maximum Gasteiger partial charge on any atom is 0.348 e. The monoisotopic (exact) mass is 464 g/mol. The van der Waals surface area contributed by atoms with E-state index < -0.39 is 5.97 Å². The molecule has 0 unspecified atom stereocenters. The number of benzene rings is 2. The molecular formula is C28H24N4O3. The molecule has 2 heterocycles. The summed E-state index contributed by atoms with van der Waals surface area (Å²) in [5.41, 5.74) is 2.02. The summed E-state index contributed by atoms with van der Waals surface area (Å²) in [4.78, 5) is 32.7. The number of nitriles is 1. The van der Waals surface area contributed by atoms with Gasteiger partial charge in [-0.3, -0.25) is 9.20 Å². The van der Waals surface area contributed by atoms with Gasteiger partial charge in [0.2, 0.25) is 0 Å². The molecule has 0 aliphatic carbocycles. The molecule has 0 saturated heterocycles. The standard InChI is InChI=1S/C28H24N4O3/c1-2-35-28(34)23(18-29)17-24-26(30-25-15-9-10-16-32(25)27(24)33)31(19-21-11-5-3-6-12-21)20-22-13-7-4-8-14-22/h3-17H,2,19-20H2,1H3. The Labute approximate surface area is 203 Å². The first-order chi connectivity index (χ1) is 17.1. The second kappa shape index (κ2) is 10.9. The predicted octanol–water partition coefficient (Wildman–Crippen LogP) is 4.37. The van der Waals surface area contributed by atoms with Crippen LogP contribution < -0.4 is 10.5 Å². The number of nitrogens with zero attached hydrogens (tertiary/aromatic N) is 4. The number of ether oxygens (including phenoxy) is 1. The fraction of sp³-hybridized carbons (Fsp3) is 0.143. The molecule has 0 bridgehead atoms. The van der Waals surface area contributed by atoms with Gasteiger partial charge in [-0.15, -0.1) is 0 Å². The van der Waals surface area contributed by atoms with Crippen molar-refractivity contribution >= 4 is 23.5 Å². The van der Waals surface area contributed by atoms with Gasteiger partial charge in [-0.2, -0.15) is 5.26 Å². The molecule has 0 radical (unpaired) electrons. The summed E-state index contributed by atoms with van der Waals surface area (Å²) in [7, 11) is 0. The van der Waals surface area contributed by atoms with Crippen molar-refractivity contribution in [2.24, 2.45) is 0 Å². The van der Waals surface area contributed by atoms with Crippen molar-refractivity contribution in [3.05, 3.63) is 118 Å². The summed E-state index contributed by atoms with van der Waals surface area (Å²) in [5, 5.41) is 9.63. The first kappa shape index (κ1) is 23.5. The van der Waals surface area contributed by atoms with Crippen molar-refractivity contribution in [1.29, 1.82) is 5.26 Å². The molecule has 0 saturated carbocycles. The van der Waals surface area contributed by atoms with Crippen LogP contribution >= 0.6 is 0 Å². The van der Waals surface area contributed by atoms with E-state index in [9.17, 15) is 14.9 Å². The van der Waals surface area contributed by atoms with Crippen LogP contribution in [0.4, 0.5) is 5.82 Å². The lowest BCUT2D eigenvalue weighted by molar-refractivity contribution is -0.137. The smallest absolute Gasteiger partial charge is 0.348 e. The SMILES string of the molecule is CCOC(=O)C(C#N)=Cc1c(N(Cc2ccccc2)Cc2ccccc2)nc2ccccn2c1=O. The summed E-state index contributed by atoms with van der Waals surface area (Å²) >= 11 is 0. The van der Waals surface area contributed by atoms with Crippen LogP contribution in [0.15, 0.2) is 95.4 Å². The topological polar surface area (TPSA) is 87.7 Å². The highest BCUT2D eigenvalue weighted by atomic mass is 16.5. The Kier molecular flexibility index (Phi) is 7.34. The summed E-state index contributed by atoms with van der Waals surface area (Å²) in [6, 6.07) is 26.8. The van der Waals surface area contributed by atoms with Crippen LogP contribution in [0, 0.1) is 11.3 Å². The molecule has 4 rings (SSSR count). The molecule has 0 aliphatic rings. The van der Waals surface area contributed by atoms with Crippen LogP contribution in [0.5, 0.6) is 0 Å². The van der Waals surface area contributed by atoms with E-state index in [2.05, 4.69) is 0 Å². The molecular weight excluding hydrogens is 440 g/mol. The Morgan fingerprint density at radius 1 is 1.00 bits per heavy atom. The van der Waals surface area contributed by atoms with Crippen LogP contribution in [0.3, 0.4) is 0 Å². The Hall–Kier alpha value is -4.70. The predicted molar refractivity (Wildman–Crippen MR) is 134 cm³/mol. The Morgan fingerprint density at radius 3 is 2.17 bits per heavy atom. The summed E-state index contributed by atoms with van der Waals surface area (Å²) in [6.07, 6.45) is 2.89. The van der Waals surface area contributed by atoms with E-state index in [1.54, 1.807) is 31.3 Å². The zero-order chi connectivity index (χ0) is 24.6. The molecule has 35 heavy (non-hydrogen) atoms. The number of fused-ring (bicyclic) bond motifs is 1. The van der Waals surface area contributed by atoms with Gasteiger partial charge in [0.25, 0.3) is 5.56 Å². The van der Waals surface area contributed by atoms with Gasteiger partial charge in [0.15, 0.2) is 0 Å². The van der Waals surface area contributed by atoms with Gasteiger partial charge in [-0.1, -0.05) is 66.7 Å². The number of hydrogen-bond acceptors (Lipinski definition) is 6. The number of rotatable bonds is 8. The number of anilines is 1. The number of hydrogen-bond donors (Lipinski definition) is 0. The fourth-order valence-electron chi connectivity index (χ4n) is 3.76. The van der Waals surface area contributed by atoms with Gasteiger partial charge in [-0.05, 0) is 36.3 Å². The fourth-order valence-corrected chi connectivity index (χ4v) is 3.76. The number of aromatic nitrogens is 2. The maximum atomic E-state index is 13.6. The second-order valence-electron chi connectivity index (χ2n) is 7.80. The normalized spacial score (nSPS) is 11.1. The highest BCUT2D eigenvalue weighted by Crippen LogP contribution is 2.24. The Morgan fingerprint density at radius 2 is 1.60 bits per heavy atom. The third kappa shape index (κ3) is 5.45. The molecule has 0 N–H and O–H groups in total. The van der Waals surface area contributed by atoms with E-state index in [1.165, 1.54) is 10.5 Å². The molecule has 2 aromatic heterocycles. The van der Waals surface area contributed by atoms with Crippen LogP contribution in [0.2, 0.25) is 0 Å². The van der Waals surface area contributed by atoms with E-state index in [0.717, 1.165) is 11.1 Å². The zero-order valence-electron chi connectivity index (χ0n) is 19.3. The second-order valence-corrected chi connectivity index (χ2v) is 7.80. The molecule has 0 atom stereocenters. The number of esters is 1. The first-order valence-corrected chi connectivity index (χ1v) is 11.2. The third-order valence-electron chi connectivity index (χ3n) is 5.39. The summed E-state index contributed by atoms with van der Waals surface area (Å²) in [6.45, 7) is 2.71. The van der Waals surface area contributed by atoms with Crippen molar-refractivity contribution in [2.75, 3.05) is 11.5 Å². The Balaban J connectivity index is 1.93. The van der Waals surface area contributed by atoms with Gasteiger partial charge < -0.3 is 9.64 Å². The largest absolute Gasteiger partial charge is 0.462 e. The molecule has 2 aromatic carbocycles. The van der Waals surface area contributed by atoms with Gasteiger partial charge >= 0.3 is 5.97 Å². The highest BCUT2D eigenvalue weighted by Gasteiger charge is 2.21. The molecule has 0 amide bonds. The van der Waals surface area contributed by atoms with E-state index >= 15 is 0 Å². The molecule has 0 aliphatic heterocycles. The molecule has 174 valence electrons. The van der Waals surface area contributed by atoms with Crippen molar-refractivity contribution in [3.63, 3.8) is 0 Å². The summed E-state index contributed by atoms with van der Waals surface area (Å²) < 4.78 is 6.42. The zero-order valence-corrected chi connectivity index (χ0v) is 19.3. The minimum absolute atomic E-state index is 0.119. The minimum atomic E-state index is -0.781. The average Bonchev–Trinajstić information content (AvgIpc) is 2.89. The summed E-state index contributed by atoms with van der Waals surface area (Å²) in [5.74, 6) is -0.401. The molecule has 7 heteroatoms. The van der Waals surface area contributed by atoms with Crippen LogP contribution in [-0.4, -0.2) is 22.0 Å². The van der Waals surface area contributed by atoms with E-state index in [0.29, 0.717) is 24.6 Å². The lowest BCUT2D eigenvalue weighted by atomic mass is 10.1. The van der Waals surface area contributed by atoms with Crippen LogP contribution in [-0.2, 0) is 22.6 Å². The molecule has 7 nitrogen and oxygen atoms in total. The lowest BCUT2D eigenvalue weighted by Gasteiger charge is -2.26. The lowest BCUT2D eigenvalue weighted by Crippen LogP contribution is -2.29. The molecule has 0 spiro atoms. The maximum absolute atomic E-state index is 13.6. The van der Waals surface area contributed by atoms with Crippen molar-refractivity contribution in [2.45, 2.75) is 20.0 Å². The number of carbonyl (C=O) groups is 1.